The summed E-state index contributed by atoms with van der Waals surface area (Å²) in [6.45, 7) is 5.43. The van der Waals surface area contributed by atoms with Crippen molar-refractivity contribution in [1.82, 2.24) is 14.8 Å². The molecule has 1 unspecified atom stereocenters. The smallest absolute Gasteiger partial charge is 0.347 e. The molecule has 0 aliphatic carbocycles. The highest BCUT2D eigenvalue weighted by atomic mass is 35.5. The van der Waals surface area contributed by atoms with E-state index in [4.69, 9.17) is 21.1 Å². The minimum atomic E-state index is -0.759. The largest absolute Gasteiger partial charge is 0.463 e. The number of rotatable bonds is 5. The Morgan fingerprint density at radius 2 is 2.05 bits per heavy atom. The fourth-order valence-corrected chi connectivity index (χ4v) is 1.83. The number of benzene rings is 1. The molecule has 0 spiro atoms. The SMILES string of the molecule is CCOC(=O)C(C)Oc1nc(C)n(-c2ccc(Cl)cc2)n1. The highest BCUT2D eigenvalue weighted by Crippen LogP contribution is 2.16. The van der Waals surface area contributed by atoms with Gasteiger partial charge in [-0.15, -0.1) is 5.10 Å². The van der Waals surface area contributed by atoms with E-state index in [1.165, 1.54) is 0 Å². The van der Waals surface area contributed by atoms with E-state index in [1.807, 2.05) is 12.1 Å². The lowest BCUT2D eigenvalue weighted by atomic mass is 10.3. The van der Waals surface area contributed by atoms with Crippen LogP contribution in [0.5, 0.6) is 6.01 Å². The van der Waals surface area contributed by atoms with Crippen LogP contribution < -0.4 is 4.74 Å². The van der Waals surface area contributed by atoms with Crippen molar-refractivity contribution >= 4 is 17.6 Å². The number of hydrogen-bond donors (Lipinski definition) is 0. The summed E-state index contributed by atoms with van der Waals surface area (Å²) in [5.41, 5.74) is 0.808. The Balaban J connectivity index is 2.15. The highest BCUT2D eigenvalue weighted by molar-refractivity contribution is 6.30. The molecule has 0 aliphatic heterocycles. The molecule has 2 aromatic rings. The molecule has 21 heavy (non-hydrogen) atoms. The number of carbonyl (C=O) groups is 1. The van der Waals surface area contributed by atoms with Gasteiger partial charge in [-0.2, -0.15) is 4.98 Å². The normalized spacial score (nSPS) is 12.0. The van der Waals surface area contributed by atoms with Crippen LogP contribution in [0, 0.1) is 6.92 Å². The van der Waals surface area contributed by atoms with Crippen molar-refractivity contribution in [3.8, 4) is 11.7 Å². The Morgan fingerprint density at radius 1 is 1.38 bits per heavy atom. The van der Waals surface area contributed by atoms with E-state index in [2.05, 4.69) is 10.1 Å². The summed E-state index contributed by atoms with van der Waals surface area (Å²) in [5, 5.41) is 4.87. The number of nitrogens with zero attached hydrogens (tertiary/aromatic N) is 3. The van der Waals surface area contributed by atoms with Crippen LogP contribution in [-0.4, -0.2) is 33.4 Å². The monoisotopic (exact) mass is 309 g/mol. The molecule has 0 saturated carbocycles. The van der Waals surface area contributed by atoms with E-state index in [0.717, 1.165) is 5.69 Å². The second kappa shape index (κ2) is 6.58. The minimum Gasteiger partial charge on any atom is -0.463 e. The first-order valence-corrected chi connectivity index (χ1v) is 6.92. The Morgan fingerprint density at radius 3 is 2.67 bits per heavy atom. The van der Waals surface area contributed by atoms with Crippen LogP contribution in [0.1, 0.15) is 19.7 Å². The van der Waals surface area contributed by atoms with Crippen LogP contribution in [0.4, 0.5) is 0 Å². The molecule has 0 aliphatic rings. The summed E-state index contributed by atoms with van der Waals surface area (Å²) in [6.07, 6.45) is -0.759. The van der Waals surface area contributed by atoms with Crippen molar-refractivity contribution in [2.45, 2.75) is 26.9 Å². The third-order valence-corrected chi connectivity index (χ3v) is 2.97. The van der Waals surface area contributed by atoms with Gasteiger partial charge in [-0.25, -0.2) is 9.48 Å². The third kappa shape index (κ3) is 3.72. The number of aromatic nitrogens is 3. The van der Waals surface area contributed by atoms with Crippen molar-refractivity contribution in [2.24, 2.45) is 0 Å². The first-order chi connectivity index (χ1) is 10.0. The summed E-state index contributed by atoms with van der Waals surface area (Å²) < 4.78 is 11.9. The van der Waals surface area contributed by atoms with E-state index in [1.54, 1.807) is 37.6 Å². The van der Waals surface area contributed by atoms with Gasteiger partial charge < -0.3 is 9.47 Å². The molecular weight excluding hydrogens is 294 g/mol. The number of halogens is 1. The lowest BCUT2D eigenvalue weighted by Crippen LogP contribution is -2.26. The van der Waals surface area contributed by atoms with Crippen LogP contribution >= 0.6 is 11.6 Å². The zero-order valence-corrected chi connectivity index (χ0v) is 12.8. The van der Waals surface area contributed by atoms with E-state index >= 15 is 0 Å². The van der Waals surface area contributed by atoms with Gasteiger partial charge in [0.05, 0.1) is 12.3 Å². The van der Waals surface area contributed by atoms with E-state index in [-0.39, 0.29) is 6.01 Å². The maximum Gasteiger partial charge on any atom is 0.347 e. The zero-order valence-electron chi connectivity index (χ0n) is 12.0. The van der Waals surface area contributed by atoms with Gasteiger partial charge in [0.15, 0.2) is 6.10 Å². The molecule has 1 heterocycles. The summed E-state index contributed by atoms with van der Waals surface area (Å²) >= 11 is 5.86. The van der Waals surface area contributed by atoms with Crippen LogP contribution in [0.2, 0.25) is 5.02 Å². The minimum absolute atomic E-state index is 0.128. The number of aryl methyl sites for hydroxylation is 1. The molecule has 1 aromatic carbocycles. The first-order valence-electron chi connectivity index (χ1n) is 6.54. The maximum absolute atomic E-state index is 11.5. The molecule has 6 nitrogen and oxygen atoms in total. The van der Waals surface area contributed by atoms with Crippen molar-refractivity contribution in [3.63, 3.8) is 0 Å². The topological polar surface area (TPSA) is 66.2 Å². The Labute approximate surface area is 127 Å². The molecule has 1 aromatic heterocycles. The van der Waals surface area contributed by atoms with Gasteiger partial charge in [0, 0.05) is 5.02 Å². The number of hydrogen-bond acceptors (Lipinski definition) is 5. The van der Waals surface area contributed by atoms with Crippen molar-refractivity contribution in [2.75, 3.05) is 6.61 Å². The predicted molar refractivity (Wildman–Crippen MR) is 77.8 cm³/mol. The molecule has 0 N–H and O–H groups in total. The molecular formula is C14H16ClN3O3. The van der Waals surface area contributed by atoms with Crippen LogP contribution in [0.15, 0.2) is 24.3 Å². The van der Waals surface area contributed by atoms with Gasteiger partial charge in [-0.05, 0) is 45.0 Å². The van der Waals surface area contributed by atoms with Gasteiger partial charge in [-0.1, -0.05) is 11.6 Å². The Hall–Kier alpha value is -2.08. The van der Waals surface area contributed by atoms with E-state index < -0.39 is 12.1 Å². The quantitative estimate of drug-likeness (QED) is 0.794. The predicted octanol–water partition coefficient (Wildman–Crippen LogP) is 2.56. The van der Waals surface area contributed by atoms with Gasteiger partial charge in [0.2, 0.25) is 0 Å². The van der Waals surface area contributed by atoms with Crippen molar-refractivity contribution in [3.05, 3.63) is 35.1 Å². The van der Waals surface area contributed by atoms with E-state index in [9.17, 15) is 4.79 Å². The van der Waals surface area contributed by atoms with Crippen LogP contribution in [-0.2, 0) is 9.53 Å². The van der Waals surface area contributed by atoms with Gasteiger partial charge in [-0.3, -0.25) is 0 Å². The molecule has 0 saturated heterocycles. The lowest BCUT2D eigenvalue weighted by molar-refractivity contribution is -0.150. The molecule has 1 atom stereocenters. The molecule has 7 heteroatoms. The van der Waals surface area contributed by atoms with Gasteiger partial charge in [0.25, 0.3) is 0 Å². The summed E-state index contributed by atoms with van der Waals surface area (Å²) in [4.78, 5) is 15.7. The third-order valence-electron chi connectivity index (χ3n) is 2.72. The van der Waals surface area contributed by atoms with Crippen molar-refractivity contribution < 1.29 is 14.3 Å². The molecule has 0 amide bonds. The fourth-order valence-electron chi connectivity index (χ4n) is 1.71. The fraction of sp³-hybridized carbons (Fsp3) is 0.357. The number of carbonyl (C=O) groups excluding carboxylic acids is 1. The van der Waals surface area contributed by atoms with Crippen LogP contribution in [0.3, 0.4) is 0 Å². The summed E-state index contributed by atoms with van der Waals surface area (Å²) in [6, 6.07) is 7.30. The van der Waals surface area contributed by atoms with Crippen molar-refractivity contribution in [1.29, 1.82) is 0 Å². The zero-order chi connectivity index (χ0) is 15.4. The van der Waals surface area contributed by atoms with Gasteiger partial charge >= 0.3 is 12.0 Å². The molecule has 0 fully saturated rings. The molecule has 2 rings (SSSR count). The first kappa shape index (κ1) is 15.3. The lowest BCUT2D eigenvalue weighted by Gasteiger charge is -2.09. The average Bonchev–Trinajstić information content (AvgIpc) is 2.80. The van der Waals surface area contributed by atoms with Gasteiger partial charge in [0.1, 0.15) is 5.82 Å². The Kier molecular flexibility index (Phi) is 4.80. The standard InChI is InChI=1S/C14H16ClN3O3/c1-4-20-13(19)9(2)21-14-16-10(3)18(17-14)12-7-5-11(15)6-8-12/h5-9H,4H2,1-3H3. The highest BCUT2D eigenvalue weighted by Gasteiger charge is 2.19. The average molecular weight is 310 g/mol. The molecule has 0 bridgehead atoms. The summed E-state index contributed by atoms with van der Waals surface area (Å²) in [7, 11) is 0. The molecule has 112 valence electrons. The molecule has 0 radical (unpaired) electrons. The summed E-state index contributed by atoms with van der Waals surface area (Å²) in [5.74, 6) is 0.196. The second-order valence-corrected chi connectivity index (χ2v) is 4.78. The maximum atomic E-state index is 11.5. The van der Waals surface area contributed by atoms with Crippen LogP contribution in [0.25, 0.3) is 5.69 Å². The Bertz CT molecular complexity index is 625. The second-order valence-electron chi connectivity index (χ2n) is 4.34. The van der Waals surface area contributed by atoms with E-state index in [0.29, 0.717) is 17.5 Å². The number of esters is 1. The number of ether oxygens (including phenoxy) is 2.